The van der Waals surface area contributed by atoms with Gasteiger partial charge < -0.3 is 4.74 Å². The third-order valence-corrected chi connectivity index (χ3v) is 3.64. The molecule has 0 aliphatic carbocycles. The molecule has 22 heavy (non-hydrogen) atoms. The van der Waals surface area contributed by atoms with Crippen molar-refractivity contribution in [3.63, 3.8) is 0 Å². The fourth-order valence-corrected chi connectivity index (χ4v) is 2.40. The molecule has 3 aromatic rings. The lowest BCUT2D eigenvalue weighted by Gasteiger charge is -2.10. The minimum absolute atomic E-state index is 0.238. The smallest absolute Gasteiger partial charge is 0.275 e. The van der Waals surface area contributed by atoms with Gasteiger partial charge in [0.25, 0.3) is 5.56 Å². The second kappa shape index (κ2) is 6.58. The molecule has 3 rings (SSSR count). The molecule has 0 radical (unpaired) electrons. The van der Waals surface area contributed by atoms with Crippen LogP contribution in [0.2, 0.25) is 0 Å². The molecule has 0 aliphatic rings. The van der Waals surface area contributed by atoms with E-state index in [1.807, 2.05) is 60.7 Å². The van der Waals surface area contributed by atoms with E-state index >= 15 is 0 Å². The highest BCUT2D eigenvalue weighted by molar-refractivity contribution is 9.10. The molecule has 0 unspecified atom stereocenters. The Balaban J connectivity index is 1.85. The summed E-state index contributed by atoms with van der Waals surface area (Å²) in [5.74, 6) is 0.432. The SMILES string of the molecule is O=c1cc(OCc2ccccc2)c(Br)nn1-c1ccccc1. The van der Waals surface area contributed by atoms with E-state index in [9.17, 15) is 4.79 Å². The monoisotopic (exact) mass is 356 g/mol. The van der Waals surface area contributed by atoms with Crippen LogP contribution in [0.5, 0.6) is 5.75 Å². The number of nitrogens with zero attached hydrogens (tertiary/aromatic N) is 2. The van der Waals surface area contributed by atoms with Crippen molar-refractivity contribution in [1.82, 2.24) is 9.78 Å². The lowest BCUT2D eigenvalue weighted by atomic mass is 10.2. The van der Waals surface area contributed by atoms with Gasteiger partial charge in [0.2, 0.25) is 0 Å². The molecule has 0 bridgehead atoms. The van der Waals surface area contributed by atoms with Crippen molar-refractivity contribution in [2.24, 2.45) is 0 Å². The van der Waals surface area contributed by atoms with Crippen LogP contribution in [0.25, 0.3) is 5.69 Å². The molecule has 0 atom stereocenters. The van der Waals surface area contributed by atoms with Gasteiger partial charge >= 0.3 is 0 Å². The van der Waals surface area contributed by atoms with Crippen LogP contribution in [-0.2, 0) is 6.61 Å². The van der Waals surface area contributed by atoms with Crippen molar-refractivity contribution >= 4 is 15.9 Å². The zero-order valence-electron chi connectivity index (χ0n) is 11.6. The van der Waals surface area contributed by atoms with Crippen LogP contribution in [0.3, 0.4) is 0 Å². The maximum absolute atomic E-state index is 12.2. The van der Waals surface area contributed by atoms with Gasteiger partial charge in [0, 0.05) is 0 Å². The van der Waals surface area contributed by atoms with Crippen molar-refractivity contribution in [2.45, 2.75) is 6.61 Å². The first-order chi connectivity index (χ1) is 10.7. The van der Waals surface area contributed by atoms with E-state index < -0.39 is 0 Å². The second-order valence-electron chi connectivity index (χ2n) is 4.66. The van der Waals surface area contributed by atoms with E-state index in [4.69, 9.17) is 4.74 Å². The van der Waals surface area contributed by atoms with E-state index in [0.717, 1.165) is 5.56 Å². The van der Waals surface area contributed by atoms with Gasteiger partial charge in [-0.3, -0.25) is 4.79 Å². The van der Waals surface area contributed by atoms with Crippen LogP contribution in [-0.4, -0.2) is 9.78 Å². The van der Waals surface area contributed by atoms with E-state index in [-0.39, 0.29) is 5.56 Å². The first kappa shape index (κ1) is 14.5. The van der Waals surface area contributed by atoms with Crippen LogP contribution >= 0.6 is 15.9 Å². The van der Waals surface area contributed by atoms with E-state index in [1.165, 1.54) is 10.7 Å². The highest BCUT2D eigenvalue weighted by Gasteiger charge is 2.09. The number of hydrogen-bond acceptors (Lipinski definition) is 3. The van der Waals surface area contributed by atoms with Gasteiger partial charge in [-0.15, -0.1) is 0 Å². The Morgan fingerprint density at radius 3 is 2.32 bits per heavy atom. The first-order valence-corrected chi connectivity index (χ1v) is 7.55. The van der Waals surface area contributed by atoms with E-state index in [1.54, 1.807) is 0 Å². The van der Waals surface area contributed by atoms with E-state index in [0.29, 0.717) is 22.6 Å². The molecule has 2 aromatic carbocycles. The molecule has 1 heterocycles. The van der Waals surface area contributed by atoms with Gasteiger partial charge in [-0.2, -0.15) is 9.78 Å². The summed E-state index contributed by atoms with van der Waals surface area (Å²) in [7, 11) is 0. The Labute approximate surface area is 136 Å². The molecule has 4 nitrogen and oxygen atoms in total. The minimum atomic E-state index is -0.238. The summed E-state index contributed by atoms with van der Waals surface area (Å²) in [4.78, 5) is 12.2. The van der Waals surface area contributed by atoms with Gasteiger partial charge in [-0.1, -0.05) is 48.5 Å². The van der Waals surface area contributed by atoms with Crippen molar-refractivity contribution in [1.29, 1.82) is 0 Å². The maximum Gasteiger partial charge on any atom is 0.275 e. The largest absolute Gasteiger partial charge is 0.486 e. The van der Waals surface area contributed by atoms with Gasteiger partial charge in [-0.05, 0) is 33.6 Å². The topological polar surface area (TPSA) is 44.1 Å². The molecule has 1 aromatic heterocycles. The highest BCUT2D eigenvalue weighted by Crippen LogP contribution is 2.21. The molecule has 0 amide bonds. The Kier molecular flexibility index (Phi) is 4.34. The molecule has 0 aliphatic heterocycles. The second-order valence-corrected chi connectivity index (χ2v) is 5.41. The molecule has 5 heteroatoms. The Morgan fingerprint density at radius 2 is 1.64 bits per heavy atom. The van der Waals surface area contributed by atoms with Crippen molar-refractivity contribution in [3.8, 4) is 11.4 Å². The number of ether oxygens (including phenoxy) is 1. The summed E-state index contributed by atoms with van der Waals surface area (Å²) < 4.78 is 7.50. The van der Waals surface area contributed by atoms with Crippen LogP contribution in [0.1, 0.15) is 5.56 Å². The van der Waals surface area contributed by atoms with Crippen LogP contribution in [0.15, 0.2) is 76.1 Å². The van der Waals surface area contributed by atoms with Gasteiger partial charge in [0.15, 0.2) is 10.4 Å². The molecule has 0 saturated carbocycles. The highest BCUT2D eigenvalue weighted by atomic mass is 79.9. The average Bonchev–Trinajstić information content (AvgIpc) is 2.57. The minimum Gasteiger partial charge on any atom is -0.486 e. The molecular weight excluding hydrogens is 344 g/mol. The third-order valence-electron chi connectivity index (χ3n) is 3.09. The summed E-state index contributed by atoms with van der Waals surface area (Å²) in [5, 5.41) is 4.25. The first-order valence-electron chi connectivity index (χ1n) is 6.76. The molecule has 0 N–H and O–H groups in total. The van der Waals surface area contributed by atoms with Crippen LogP contribution in [0.4, 0.5) is 0 Å². The van der Waals surface area contributed by atoms with Gasteiger partial charge in [0.1, 0.15) is 6.61 Å². The molecular formula is C17H13BrN2O2. The summed E-state index contributed by atoms with van der Waals surface area (Å²) in [5.41, 5.74) is 1.50. The number of rotatable bonds is 4. The van der Waals surface area contributed by atoms with Crippen molar-refractivity contribution < 1.29 is 4.74 Å². The summed E-state index contributed by atoms with van der Waals surface area (Å²) in [6.07, 6.45) is 0. The predicted molar refractivity (Wildman–Crippen MR) is 88.3 cm³/mol. The van der Waals surface area contributed by atoms with Crippen LogP contribution in [0, 0.1) is 0 Å². The Morgan fingerprint density at radius 1 is 1.00 bits per heavy atom. The normalized spacial score (nSPS) is 10.4. The average molecular weight is 357 g/mol. The summed E-state index contributed by atoms with van der Waals surface area (Å²) >= 11 is 3.36. The molecule has 110 valence electrons. The Hall–Kier alpha value is -2.40. The summed E-state index contributed by atoms with van der Waals surface area (Å²) in [6, 6.07) is 20.5. The number of halogens is 1. The lowest BCUT2D eigenvalue weighted by Crippen LogP contribution is -2.21. The van der Waals surface area contributed by atoms with Crippen LogP contribution < -0.4 is 10.3 Å². The standard InChI is InChI=1S/C17H13BrN2O2/c18-17-15(22-12-13-7-3-1-4-8-13)11-16(21)20(19-17)14-9-5-2-6-10-14/h1-11H,12H2. The van der Waals surface area contributed by atoms with Gasteiger partial charge in [0.05, 0.1) is 11.8 Å². The number of benzene rings is 2. The predicted octanol–water partition coefficient (Wildman–Crippen LogP) is 3.57. The number of hydrogen-bond donors (Lipinski definition) is 0. The summed E-state index contributed by atoms with van der Waals surface area (Å²) in [6.45, 7) is 0.385. The van der Waals surface area contributed by atoms with E-state index in [2.05, 4.69) is 21.0 Å². The Bertz CT molecular complexity index is 817. The molecule has 0 spiro atoms. The van der Waals surface area contributed by atoms with Crippen molar-refractivity contribution in [3.05, 3.63) is 87.3 Å². The lowest BCUT2D eigenvalue weighted by molar-refractivity contribution is 0.300. The zero-order chi connectivity index (χ0) is 15.4. The van der Waals surface area contributed by atoms with Crippen molar-refractivity contribution in [2.75, 3.05) is 0 Å². The number of aromatic nitrogens is 2. The van der Waals surface area contributed by atoms with Gasteiger partial charge in [-0.25, -0.2) is 0 Å². The third kappa shape index (κ3) is 3.26. The fourth-order valence-electron chi connectivity index (χ4n) is 2.01. The maximum atomic E-state index is 12.2. The number of para-hydroxylation sites is 1. The zero-order valence-corrected chi connectivity index (χ0v) is 13.2. The quantitative estimate of drug-likeness (QED) is 0.717. The molecule has 0 fully saturated rings. The fraction of sp³-hybridized carbons (Fsp3) is 0.0588. The molecule has 0 saturated heterocycles.